The number of hydrogen-bond acceptors (Lipinski definition) is 4. The molecule has 0 N–H and O–H groups in total. The zero-order valence-corrected chi connectivity index (χ0v) is 7.67. The molecule has 0 unspecified atom stereocenters. The molecule has 0 fully saturated rings. The van der Waals surface area contributed by atoms with Crippen molar-refractivity contribution < 1.29 is 9.21 Å². The molecule has 0 aliphatic carbocycles. The quantitative estimate of drug-likeness (QED) is 0.682. The van der Waals surface area contributed by atoms with Crippen LogP contribution in [0.2, 0.25) is 0 Å². The van der Waals surface area contributed by atoms with Gasteiger partial charge in [-0.2, -0.15) is 15.0 Å². The number of Topliss-reactive ketones (excluding diaryl/α,β-unsaturated/α-hetero) is 1. The minimum atomic E-state index is -0.0790. The van der Waals surface area contributed by atoms with Crippen LogP contribution in [0.4, 0.5) is 0 Å². The van der Waals surface area contributed by atoms with Crippen LogP contribution in [0.5, 0.6) is 0 Å². The van der Waals surface area contributed by atoms with E-state index in [0.29, 0.717) is 18.1 Å². The molecule has 5 heteroatoms. The third-order valence-electron chi connectivity index (χ3n) is 1.77. The van der Waals surface area contributed by atoms with Crippen molar-refractivity contribution in [2.24, 2.45) is 0 Å². The maximum atomic E-state index is 10.9. The summed E-state index contributed by atoms with van der Waals surface area (Å²) in [5, 5.41) is 7.85. The third-order valence-corrected chi connectivity index (χ3v) is 1.77. The summed E-state index contributed by atoms with van der Waals surface area (Å²) in [5.74, 6) is 0.961. The second-order valence-electron chi connectivity index (χ2n) is 2.88. The smallest absolute Gasteiger partial charge is 0.194 e. The van der Waals surface area contributed by atoms with Crippen molar-refractivity contribution in [3.8, 4) is 0 Å². The number of ketones is 1. The average molecular weight is 191 g/mol. The minimum absolute atomic E-state index is 0.0790. The number of carbonyl (C=O) groups excluding carboxylic acids is 1. The Balaban J connectivity index is 2.14. The van der Waals surface area contributed by atoms with E-state index in [1.807, 2.05) is 0 Å². The van der Waals surface area contributed by atoms with Gasteiger partial charge in [0.25, 0.3) is 0 Å². The van der Waals surface area contributed by atoms with Crippen LogP contribution < -0.4 is 0 Å². The molecule has 0 saturated carbocycles. The lowest BCUT2D eigenvalue weighted by atomic mass is 10.3. The summed E-state index contributed by atoms with van der Waals surface area (Å²) >= 11 is 0. The zero-order valence-electron chi connectivity index (χ0n) is 7.67. The second kappa shape index (κ2) is 3.45. The topological polar surface area (TPSA) is 60.9 Å². The molecule has 5 nitrogen and oxygen atoms in total. The number of rotatable bonds is 3. The standard InChI is InChI=1S/C9H9N3O2/c1-7(13)9-3-2-8(14-9)6-12-10-4-5-11-12/h2-5H,6H2,1H3. The summed E-state index contributed by atoms with van der Waals surface area (Å²) < 4.78 is 5.27. The first-order valence-corrected chi connectivity index (χ1v) is 4.19. The summed E-state index contributed by atoms with van der Waals surface area (Å²) in [4.78, 5) is 12.4. The van der Waals surface area contributed by atoms with Gasteiger partial charge in [-0.15, -0.1) is 0 Å². The first-order chi connectivity index (χ1) is 6.75. The Hall–Kier alpha value is -1.91. The lowest BCUT2D eigenvalue weighted by Crippen LogP contribution is -2.02. The Bertz CT molecular complexity index is 431. The van der Waals surface area contributed by atoms with Gasteiger partial charge in [-0.3, -0.25) is 4.79 Å². The van der Waals surface area contributed by atoms with Gasteiger partial charge < -0.3 is 4.42 Å². The van der Waals surface area contributed by atoms with Crippen LogP contribution in [0, 0.1) is 0 Å². The molecule has 0 atom stereocenters. The number of carbonyl (C=O) groups is 1. The molecule has 0 spiro atoms. The van der Waals surface area contributed by atoms with E-state index in [2.05, 4.69) is 10.2 Å². The molecule has 0 bridgehead atoms. The van der Waals surface area contributed by atoms with E-state index < -0.39 is 0 Å². The summed E-state index contributed by atoms with van der Waals surface area (Å²) in [7, 11) is 0. The van der Waals surface area contributed by atoms with Crippen molar-refractivity contribution >= 4 is 5.78 Å². The molecule has 0 aliphatic heterocycles. The van der Waals surface area contributed by atoms with Gasteiger partial charge >= 0.3 is 0 Å². The third kappa shape index (κ3) is 1.71. The predicted molar refractivity (Wildman–Crippen MR) is 47.8 cm³/mol. The molecule has 2 heterocycles. The van der Waals surface area contributed by atoms with Crippen molar-refractivity contribution in [1.29, 1.82) is 0 Å². The van der Waals surface area contributed by atoms with Crippen LogP contribution in [0.3, 0.4) is 0 Å². The summed E-state index contributed by atoms with van der Waals surface area (Å²) in [6.45, 7) is 1.91. The Morgan fingerprint density at radius 3 is 2.71 bits per heavy atom. The van der Waals surface area contributed by atoms with Crippen molar-refractivity contribution in [1.82, 2.24) is 15.0 Å². The number of nitrogens with zero attached hydrogens (tertiary/aromatic N) is 3. The molecule has 14 heavy (non-hydrogen) atoms. The van der Waals surface area contributed by atoms with Gasteiger partial charge in [0.15, 0.2) is 11.5 Å². The molecule has 2 aromatic rings. The van der Waals surface area contributed by atoms with Crippen LogP contribution in [-0.4, -0.2) is 20.8 Å². The van der Waals surface area contributed by atoms with E-state index in [4.69, 9.17) is 4.42 Å². The monoisotopic (exact) mass is 191 g/mol. The fourth-order valence-electron chi connectivity index (χ4n) is 1.12. The molecular formula is C9H9N3O2. The normalized spacial score (nSPS) is 10.4. The molecule has 2 aromatic heterocycles. The molecule has 0 amide bonds. The molecule has 0 radical (unpaired) electrons. The average Bonchev–Trinajstić information content (AvgIpc) is 2.75. The largest absolute Gasteiger partial charge is 0.456 e. The van der Waals surface area contributed by atoms with E-state index >= 15 is 0 Å². The zero-order chi connectivity index (χ0) is 9.97. The lowest BCUT2D eigenvalue weighted by Gasteiger charge is -1.94. The van der Waals surface area contributed by atoms with E-state index in [9.17, 15) is 4.79 Å². The highest BCUT2D eigenvalue weighted by Crippen LogP contribution is 2.08. The van der Waals surface area contributed by atoms with Gasteiger partial charge in [0, 0.05) is 6.92 Å². The van der Waals surface area contributed by atoms with Crippen molar-refractivity contribution in [3.05, 3.63) is 36.0 Å². The molecule has 0 saturated heterocycles. The van der Waals surface area contributed by atoms with Gasteiger partial charge in [-0.05, 0) is 12.1 Å². The number of hydrogen-bond donors (Lipinski definition) is 0. The van der Waals surface area contributed by atoms with E-state index in [1.165, 1.54) is 11.7 Å². The molecule has 0 aromatic carbocycles. The maximum absolute atomic E-state index is 10.9. The number of aromatic nitrogens is 3. The fourth-order valence-corrected chi connectivity index (χ4v) is 1.12. The summed E-state index contributed by atoms with van der Waals surface area (Å²) in [6, 6.07) is 3.40. The summed E-state index contributed by atoms with van der Waals surface area (Å²) in [6.07, 6.45) is 3.18. The highest BCUT2D eigenvalue weighted by molar-refractivity contribution is 5.91. The van der Waals surface area contributed by atoms with E-state index in [-0.39, 0.29) is 5.78 Å². The second-order valence-corrected chi connectivity index (χ2v) is 2.88. The van der Waals surface area contributed by atoms with Crippen LogP contribution >= 0.6 is 0 Å². The SMILES string of the molecule is CC(=O)c1ccc(Cn2nccn2)o1. The van der Waals surface area contributed by atoms with Gasteiger partial charge in [-0.25, -0.2) is 0 Å². The van der Waals surface area contributed by atoms with E-state index in [0.717, 1.165) is 0 Å². The number of furan rings is 1. The van der Waals surface area contributed by atoms with Crippen LogP contribution in [0.25, 0.3) is 0 Å². The first-order valence-electron chi connectivity index (χ1n) is 4.19. The minimum Gasteiger partial charge on any atom is -0.456 e. The lowest BCUT2D eigenvalue weighted by molar-refractivity contribution is 0.0985. The Labute approximate surface area is 80.3 Å². The van der Waals surface area contributed by atoms with E-state index in [1.54, 1.807) is 24.5 Å². The molecular weight excluding hydrogens is 182 g/mol. The summed E-state index contributed by atoms with van der Waals surface area (Å²) in [5.41, 5.74) is 0. The van der Waals surface area contributed by atoms with Gasteiger partial charge in [-0.1, -0.05) is 0 Å². The van der Waals surface area contributed by atoms with Crippen LogP contribution in [0.1, 0.15) is 23.2 Å². The maximum Gasteiger partial charge on any atom is 0.194 e. The van der Waals surface area contributed by atoms with Crippen molar-refractivity contribution in [2.75, 3.05) is 0 Å². The Morgan fingerprint density at radius 1 is 1.43 bits per heavy atom. The predicted octanol–water partition coefficient (Wildman–Crippen LogP) is 1.12. The Kier molecular flexibility index (Phi) is 2.14. The highest BCUT2D eigenvalue weighted by atomic mass is 16.3. The Morgan fingerprint density at radius 2 is 2.14 bits per heavy atom. The van der Waals surface area contributed by atoms with Crippen LogP contribution in [0.15, 0.2) is 28.9 Å². The fraction of sp³-hybridized carbons (Fsp3) is 0.222. The van der Waals surface area contributed by atoms with Gasteiger partial charge in [0.05, 0.1) is 12.4 Å². The molecule has 2 rings (SSSR count). The van der Waals surface area contributed by atoms with Gasteiger partial charge in [0.2, 0.25) is 0 Å². The molecule has 0 aliphatic rings. The van der Waals surface area contributed by atoms with Gasteiger partial charge in [0.1, 0.15) is 12.3 Å². The van der Waals surface area contributed by atoms with Crippen molar-refractivity contribution in [2.45, 2.75) is 13.5 Å². The van der Waals surface area contributed by atoms with Crippen molar-refractivity contribution in [3.63, 3.8) is 0 Å². The molecule has 72 valence electrons. The highest BCUT2D eigenvalue weighted by Gasteiger charge is 2.06. The first kappa shape index (κ1) is 8.68. The van der Waals surface area contributed by atoms with Crippen LogP contribution in [-0.2, 0) is 6.54 Å².